The lowest BCUT2D eigenvalue weighted by Crippen LogP contribution is -2.53. The molecule has 0 aromatic carbocycles. The summed E-state index contributed by atoms with van der Waals surface area (Å²) in [6.45, 7) is 41.8. The lowest BCUT2D eigenvalue weighted by molar-refractivity contribution is -0.0789. The molecule has 0 amide bonds. The molecule has 0 bridgehead atoms. The van der Waals surface area contributed by atoms with E-state index in [9.17, 15) is 5.11 Å². The van der Waals surface area contributed by atoms with Crippen LogP contribution in [0, 0.1) is 67.0 Å². The number of aliphatic hydroxyl groups is 1. The zero-order valence-electron chi connectivity index (χ0n) is 47.1. The number of rotatable bonds is 2. The standard InChI is InChI=1S/4C16H26O/c3*1-14(2)8-5-9-15(3)12(14)6-10-16(4)13(15)7-11-17-16;1-12-6-7-14-15(2,3)9-5-10-16(14,4)13(12)8-11-17/h2*6,13H,5,7-11H2,1-4H3;6,10,12-13H,5,7-9,11H2,1-4H3;7,17H,5-6,8-11H2,1-4H3/t13-,15+,16+;13-,15+,16-;12?,13-,15+,16+;16-/m1111/s1. The molecular formula is C64H104O4. The van der Waals surface area contributed by atoms with Crippen LogP contribution in [0.25, 0.3) is 0 Å². The van der Waals surface area contributed by atoms with Crippen molar-refractivity contribution in [3.8, 4) is 0 Å². The van der Waals surface area contributed by atoms with Gasteiger partial charge in [-0.15, -0.1) is 0 Å². The molecule has 8 aliphatic carbocycles. The van der Waals surface area contributed by atoms with Crippen molar-refractivity contribution in [3.05, 3.63) is 58.2 Å². The van der Waals surface area contributed by atoms with E-state index in [1.807, 2.05) is 0 Å². The van der Waals surface area contributed by atoms with Gasteiger partial charge in [0.1, 0.15) is 0 Å². The van der Waals surface area contributed by atoms with Crippen molar-refractivity contribution in [2.75, 3.05) is 26.4 Å². The van der Waals surface area contributed by atoms with Crippen molar-refractivity contribution in [2.24, 2.45) is 67.0 Å². The Balaban J connectivity index is 0.000000123. The van der Waals surface area contributed by atoms with E-state index in [2.05, 4.69) is 141 Å². The molecule has 384 valence electrons. The van der Waals surface area contributed by atoms with Crippen molar-refractivity contribution in [2.45, 2.75) is 250 Å². The van der Waals surface area contributed by atoms with Gasteiger partial charge in [0.05, 0.1) is 16.8 Å². The molecule has 11 rings (SSSR count). The van der Waals surface area contributed by atoms with Crippen LogP contribution in [0.3, 0.4) is 0 Å². The molecule has 3 heterocycles. The molecule has 4 heteroatoms. The first-order valence-corrected chi connectivity index (χ1v) is 28.6. The van der Waals surface area contributed by atoms with Gasteiger partial charge in [0, 0.05) is 31.8 Å². The molecule has 68 heavy (non-hydrogen) atoms. The summed E-state index contributed by atoms with van der Waals surface area (Å²) in [6.07, 6.45) is 36.6. The number of hydrogen-bond acceptors (Lipinski definition) is 4. The van der Waals surface area contributed by atoms with E-state index in [0.717, 1.165) is 69.2 Å². The predicted molar refractivity (Wildman–Crippen MR) is 285 cm³/mol. The molecule has 1 unspecified atom stereocenters. The van der Waals surface area contributed by atoms with Crippen molar-refractivity contribution >= 4 is 0 Å². The van der Waals surface area contributed by atoms with E-state index < -0.39 is 0 Å². The number of aliphatic hydroxyl groups excluding tert-OH is 1. The molecule has 7 fully saturated rings. The van der Waals surface area contributed by atoms with Gasteiger partial charge in [-0.1, -0.05) is 167 Å². The zero-order chi connectivity index (χ0) is 49.6. The Morgan fingerprint density at radius 3 is 1.53 bits per heavy atom. The first-order valence-electron chi connectivity index (χ1n) is 28.6. The summed E-state index contributed by atoms with van der Waals surface area (Å²) in [7, 11) is 0. The van der Waals surface area contributed by atoms with Gasteiger partial charge >= 0.3 is 0 Å². The van der Waals surface area contributed by atoms with E-state index >= 15 is 0 Å². The summed E-state index contributed by atoms with van der Waals surface area (Å²) in [5.41, 5.74) is 11.5. The van der Waals surface area contributed by atoms with Gasteiger partial charge in [-0.05, 0) is 186 Å². The minimum absolute atomic E-state index is 0.0265. The topological polar surface area (TPSA) is 47.9 Å². The van der Waals surface area contributed by atoms with Crippen LogP contribution in [0.15, 0.2) is 58.2 Å². The molecule has 11 aliphatic rings. The summed E-state index contributed by atoms with van der Waals surface area (Å²) in [5.74, 6) is 2.96. The summed E-state index contributed by atoms with van der Waals surface area (Å²) in [6, 6.07) is 0. The lowest BCUT2D eigenvalue weighted by atomic mass is 9.48. The van der Waals surface area contributed by atoms with Crippen LogP contribution in [-0.4, -0.2) is 48.3 Å². The third kappa shape index (κ3) is 8.86. The summed E-state index contributed by atoms with van der Waals surface area (Å²) in [4.78, 5) is 0. The average molecular weight is 938 g/mol. The first kappa shape index (κ1) is 52.9. The van der Waals surface area contributed by atoms with Crippen LogP contribution in [0.2, 0.25) is 0 Å². The molecule has 0 aromatic rings. The highest BCUT2D eigenvalue weighted by Crippen LogP contribution is 2.65. The minimum atomic E-state index is 0.0265. The van der Waals surface area contributed by atoms with E-state index in [4.69, 9.17) is 14.2 Å². The molecule has 0 radical (unpaired) electrons. The van der Waals surface area contributed by atoms with Crippen LogP contribution in [0.1, 0.15) is 233 Å². The van der Waals surface area contributed by atoms with Gasteiger partial charge in [-0.25, -0.2) is 0 Å². The Labute approximate surface area is 418 Å². The fourth-order valence-electron chi connectivity index (χ4n) is 19.6. The van der Waals surface area contributed by atoms with E-state index in [0.29, 0.717) is 37.9 Å². The fourth-order valence-corrected chi connectivity index (χ4v) is 19.6. The third-order valence-corrected chi connectivity index (χ3v) is 22.8. The van der Waals surface area contributed by atoms with Crippen molar-refractivity contribution < 1.29 is 19.3 Å². The number of fused-ring (bicyclic) bond motifs is 10. The first-order chi connectivity index (χ1) is 31.6. The highest BCUT2D eigenvalue weighted by molar-refractivity contribution is 5.41. The monoisotopic (exact) mass is 937 g/mol. The Hall–Kier alpha value is -1.46. The fraction of sp³-hybridized carbons (Fsp3) is 0.844. The quantitative estimate of drug-likeness (QED) is 0.280. The van der Waals surface area contributed by atoms with Gasteiger partial charge in [0.25, 0.3) is 0 Å². The van der Waals surface area contributed by atoms with Gasteiger partial charge in [-0.3, -0.25) is 0 Å². The Bertz CT molecular complexity index is 1970. The van der Waals surface area contributed by atoms with E-state index in [1.54, 1.807) is 16.7 Å². The van der Waals surface area contributed by atoms with Crippen LogP contribution < -0.4 is 0 Å². The molecule has 1 N–H and O–H groups in total. The van der Waals surface area contributed by atoms with Crippen molar-refractivity contribution in [3.63, 3.8) is 0 Å². The second-order valence-electron chi connectivity index (χ2n) is 29.1. The third-order valence-electron chi connectivity index (χ3n) is 22.8. The molecule has 3 saturated heterocycles. The van der Waals surface area contributed by atoms with Crippen LogP contribution >= 0.6 is 0 Å². The maximum absolute atomic E-state index is 9.32. The number of allylic oxidation sites excluding steroid dienone is 6. The van der Waals surface area contributed by atoms with E-state index in [-0.39, 0.29) is 28.8 Å². The Kier molecular flexibility index (Phi) is 14.1. The van der Waals surface area contributed by atoms with Gasteiger partial charge in [0.2, 0.25) is 0 Å². The second kappa shape index (κ2) is 18.2. The number of ether oxygens (including phenoxy) is 3. The molecule has 4 saturated carbocycles. The maximum atomic E-state index is 9.32. The molecule has 0 spiro atoms. The number of hydrogen-bond donors (Lipinski definition) is 1. The largest absolute Gasteiger partial charge is 0.396 e. The molecule has 4 nitrogen and oxygen atoms in total. The Morgan fingerprint density at radius 1 is 0.529 bits per heavy atom. The summed E-state index contributed by atoms with van der Waals surface area (Å²) < 4.78 is 18.2. The zero-order valence-corrected chi connectivity index (χ0v) is 47.1. The summed E-state index contributed by atoms with van der Waals surface area (Å²) >= 11 is 0. The highest BCUT2D eigenvalue weighted by Gasteiger charge is 2.60. The van der Waals surface area contributed by atoms with Gasteiger partial charge in [0.15, 0.2) is 0 Å². The minimum Gasteiger partial charge on any atom is -0.396 e. The van der Waals surface area contributed by atoms with Crippen molar-refractivity contribution in [1.82, 2.24) is 0 Å². The van der Waals surface area contributed by atoms with Gasteiger partial charge < -0.3 is 19.3 Å². The average Bonchev–Trinajstić information content (AvgIpc) is 3.96. The normalized spacial score (nSPS) is 45.2. The Morgan fingerprint density at radius 2 is 1.00 bits per heavy atom. The van der Waals surface area contributed by atoms with Crippen LogP contribution in [0.4, 0.5) is 0 Å². The van der Waals surface area contributed by atoms with Crippen LogP contribution in [-0.2, 0) is 14.2 Å². The highest BCUT2D eigenvalue weighted by atomic mass is 16.5. The SMILES string of the molecule is CC1(C)CCC[C@@]2(C)C1=CC[C@@]1(C)OCC[C@@H]12.CC1(C)CCC[C@@]2(C)C1=CC[C@]1(C)OCC[C@H]21.CC1(C)CCC[C@@]2(C)C1C=C[C@]1(C)OCC[C@H]21.CC1=C(CCO)[C@@]2(C)CCCC(C)(C)C2=CC1. The molecule has 3 aliphatic heterocycles. The molecule has 0 aromatic heterocycles. The van der Waals surface area contributed by atoms with Gasteiger partial charge in [-0.2, -0.15) is 0 Å². The molecular weight excluding hydrogens is 833 g/mol. The van der Waals surface area contributed by atoms with E-state index in [1.165, 1.54) is 107 Å². The summed E-state index contributed by atoms with van der Waals surface area (Å²) in [5, 5.41) is 9.32. The van der Waals surface area contributed by atoms with Crippen LogP contribution in [0.5, 0.6) is 0 Å². The molecule has 11 atom stereocenters. The second-order valence-corrected chi connectivity index (χ2v) is 29.1. The predicted octanol–water partition coefficient (Wildman–Crippen LogP) is 17.1. The van der Waals surface area contributed by atoms with Crippen molar-refractivity contribution in [1.29, 1.82) is 0 Å². The lowest BCUT2D eigenvalue weighted by Gasteiger charge is -2.57. The smallest absolute Gasteiger partial charge is 0.0868 e. The maximum Gasteiger partial charge on any atom is 0.0868 e.